The minimum absolute atomic E-state index is 0.0734. The monoisotopic (exact) mass is 292 g/mol. The zero-order chi connectivity index (χ0) is 15.6. The molecule has 0 N–H and O–H groups in total. The second-order valence-electron chi connectivity index (χ2n) is 4.48. The van der Waals surface area contributed by atoms with Crippen LogP contribution in [-0.4, -0.2) is 20.0 Å². The Hall–Kier alpha value is -2.43. The number of hydrogen-bond acceptors (Lipinski definition) is 3. The van der Waals surface area contributed by atoms with Gasteiger partial charge >= 0.3 is 0 Å². The Labute approximate surface area is 121 Å². The first-order valence-corrected chi connectivity index (χ1v) is 6.20. The van der Waals surface area contributed by atoms with Crippen LogP contribution in [0, 0.1) is 18.6 Å². The average Bonchev–Trinajstić information content (AvgIpc) is 2.49. The van der Waals surface area contributed by atoms with Gasteiger partial charge in [0, 0.05) is 11.1 Å². The van der Waals surface area contributed by atoms with Crippen molar-refractivity contribution < 1.29 is 23.0 Å². The Morgan fingerprint density at radius 2 is 1.57 bits per heavy atom. The summed E-state index contributed by atoms with van der Waals surface area (Å²) in [4.78, 5) is 12.4. The first-order valence-electron chi connectivity index (χ1n) is 6.20. The summed E-state index contributed by atoms with van der Waals surface area (Å²) >= 11 is 0. The fourth-order valence-electron chi connectivity index (χ4n) is 2.02. The van der Waals surface area contributed by atoms with Crippen LogP contribution in [0.3, 0.4) is 0 Å². The van der Waals surface area contributed by atoms with E-state index in [2.05, 4.69) is 0 Å². The predicted octanol–water partition coefficient (Wildman–Crippen LogP) is 3.52. The highest BCUT2D eigenvalue weighted by Gasteiger charge is 2.17. The van der Waals surface area contributed by atoms with Crippen LogP contribution in [0.2, 0.25) is 0 Å². The summed E-state index contributed by atoms with van der Waals surface area (Å²) in [5, 5.41) is 0. The summed E-state index contributed by atoms with van der Waals surface area (Å²) in [6.07, 6.45) is 0. The average molecular weight is 292 g/mol. The Balaban J connectivity index is 2.50. The molecular weight excluding hydrogens is 278 g/mol. The van der Waals surface area contributed by atoms with Gasteiger partial charge in [0.1, 0.15) is 0 Å². The number of aryl methyl sites for hydroxylation is 1. The summed E-state index contributed by atoms with van der Waals surface area (Å²) in [6, 6.07) is 6.24. The molecule has 5 heteroatoms. The summed E-state index contributed by atoms with van der Waals surface area (Å²) in [5.41, 5.74) is 1.07. The zero-order valence-corrected chi connectivity index (χ0v) is 11.9. The molecule has 2 aromatic carbocycles. The van der Waals surface area contributed by atoms with Crippen LogP contribution in [-0.2, 0) is 0 Å². The number of halogens is 2. The van der Waals surface area contributed by atoms with E-state index in [4.69, 9.17) is 9.47 Å². The maximum Gasteiger partial charge on any atom is 0.193 e. The zero-order valence-electron chi connectivity index (χ0n) is 11.9. The molecule has 0 unspecified atom stereocenters. The predicted molar refractivity (Wildman–Crippen MR) is 74.1 cm³/mol. The molecule has 0 radical (unpaired) electrons. The molecule has 0 bridgehead atoms. The topological polar surface area (TPSA) is 35.5 Å². The number of rotatable bonds is 4. The standard InChI is InChI=1S/C16H14F2O3/c1-9-6-14(20-2)15(21-3)8-11(9)16(19)10-4-5-12(17)13(18)7-10/h4-8H,1-3H3. The van der Waals surface area contributed by atoms with E-state index in [9.17, 15) is 13.6 Å². The third kappa shape index (κ3) is 2.86. The van der Waals surface area contributed by atoms with E-state index in [0.29, 0.717) is 22.6 Å². The smallest absolute Gasteiger partial charge is 0.193 e. The van der Waals surface area contributed by atoms with Gasteiger partial charge < -0.3 is 9.47 Å². The van der Waals surface area contributed by atoms with Crippen LogP contribution in [0.4, 0.5) is 8.78 Å². The SMILES string of the molecule is COc1cc(C)c(C(=O)c2ccc(F)c(F)c2)cc1OC. The molecule has 0 fully saturated rings. The number of carbonyl (C=O) groups is 1. The number of carbonyl (C=O) groups excluding carboxylic acids is 1. The lowest BCUT2D eigenvalue weighted by molar-refractivity contribution is 0.103. The van der Waals surface area contributed by atoms with E-state index in [1.807, 2.05) is 0 Å². The van der Waals surface area contributed by atoms with Gasteiger partial charge in [-0.25, -0.2) is 8.78 Å². The number of benzene rings is 2. The van der Waals surface area contributed by atoms with E-state index in [0.717, 1.165) is 12.1 Å². The number of hydrogen-bond donors (Lipinski definition) is 0. The molecule has 0 heterocycles. The van der Waals surface area contributed by atoms with Gasteiger partial charge in [-0.05, 0) is 42.8 Å². The van der Waals surface area contributed by atoms with E-state index in [1.165, 1.54) is 26.4 Å². The molecular formula is C16H14F2O3. The minimum atomic E-state index is -1.06. The fraction of sp³-hybridized carbons (Fsp3) is 0.188. The molecule has 0 spiro atoms. The fourth-order valence-corrected chi connectivity index (χ4v) is 2.02. The van der Waals surface area contributed by atoms with Crippen molar-refractivity contribution in [2.24, 2.45) is 0 Å². The molecule has 0 aromatic heterocycles. The third-order valence-corrected chi connectivity index (χ3v) is 3.16. The van der Waals surface area contributed by atoms with Gasteiger partial charge in [0.05, 0.1) is 14.2 Å². The number of ether oxygens (including phenoxy) is 2. The lowest BCUT2D eigenvalue weighted by Crippen LogP contribution is -2.06. The van der Waals surface area contributed by atoms with Crippen LogP contribution in [0.5, 0.6) is 11.5 Å². The van der Waals surface area contributed by atoms with E-state index in [1.54, 1.807) is 13.0 Å². The van der Waals surface area contributed by atoms with Gasteiger partial charge in [-0.1, -0.05) is 0 Å². The molecule has 2 aromatic rings. The van der Waals surface area contributed by atoms with E-state index >= 15 is 0 Å². The summed E-state index contributed by atoms with van der Waals surface area (Å²) in [5.74, 6) is -1.56. The van der Waals surface area contributed by atoms with Crippen LogP contribution in [0.1, 0.15) is 21.5 Å². The first kappa shape index (κ1) is 15.0. The van der Waals surface area contributed by atoms with Crippen molar-refractivity contribution in [2.75, 3.05) is 14.2 Å². The summed E-state index contributed by atoms with van der Waals surface area (Å²) < 4.78 is 36.5. The molecule has 3 nitrogen and oxygen atoms in total. The van der Waals surface area contributed by atoms with Gasteiger partial charge in [0.15, 0.2) is 28.9 Å². The molecule has 21 heavy (non-hydrogen) atoms. The van der Waals surface area contributed by atoms with Crippen molar-refractivity contribution in [3.05, 3.63) is 58.7 Å². The van der Waals surface area contributed by atoms with Crippen LogP contribution in [0.25, 0.3) is 0 Å². The Bertz CT molecular complexity index is 696. The molecule has 2 rings (SSSR count). The van der Waals surface area contributed by atoms with Crippen molar-refractivity contribution in [3.8, 4) is 11.5 Å². The maximum absolute atomic E-state index is 13.2. The van der Waals surface area contributed by atoms with Crippen molar-refractivity contribution >= 4 is 5.78 Å². The largest absolute Gasteiger partial charge is 0.493 e. The minimum Gasteiger partial charge on any atom is -0.493 e. The molecule has 0 aliphatic carbocycles. The molecule has 0 aliphatic rings. The van der Waals surface area contributed by atoms with Crippen molar-refractivity contribution in [2.45, 2.75) is 6.92 Å². The summed E-state index contributed by atoms with van der Waals surface area (Å²) in [7, 11) is 2.95. The Morgan fingerprint density at radius 1 is 0.952 bits per heavy atom. The number of ketones is 1. The third-order valence-electron chi connectivity index (χ3n) is 3.16. The van der Waals surface area contributed by atoms with Gasteiger partial charge in [-0.2, -0.15) is 0 Å². The molecule has 110 valence electrons. The maximum atomic E-state index is 13.2. The van der Waals surface area contributed by atoms with Crippen LogP contribution >= 0.6 is 0 Å². The number of methoxy groups -OCH3 is 2. The second kappa shape index (κ2) is 5.91. The second-order valence-corrected chi connectivity index (χ2v) is 4.48. The van der Waals surface area contributed by atoms with E-state index < -0.39 is 17.4 Å². The van der Waals surface area contributed by atoms with Crippen LogP contribution < -0.4 is 9.47 Å². The molecule has 0 atom stereocenters. The Morgan fingerprint density at radius 3 is 2.14 bits per heavy atom. The molecule has 0 saturated heterocycles. The van der Waals surface area contributed by atoms with Gasteiger partial charge in [-0.3, -0.25) is 4.79 Å². The quantitative estimate of drug-likeness (QED) is 0.809. The van der Waals surface area contributed by atoms with Crippen LogP contribution in [0.15, 0.2) is 30.3 Å². The molecule has 0 saturated carbocycles. The Kier molecular flexibility index (Phi) is 4.21. The van der Waals surface area contributed by atoms with Gasteiger partial charge in [-0.15, -0.1) is 0 Å². The van der Waals surface area contributed by atoms with Crippen molar-refractivity contribution in [3.63, 3.8) is 0 Å². The van der Waals surface area contributed by atoms with Gasteiger partial charge in [0.2, 0.25) is 0 Å². The summed E-state index contributed by atoms with van der Waals surface area (Å²) in [6.45, 7) is 1.73. The molecule has 0 amide bonds. The van der Waals surface area contributed by atoms with Gasteiger partial charge in [0.25, 0.3) is 0 Å². The molecule has 0 aliphatic heterocycles. The highest BCUT2D eigenvalue weighted by atomic mass is 19.2. The highest BCUT2D eigenvalue weighted by molar-refractivity contribution is 6.10. The normalized spacial score (nSPS) is 10.3. The first-order chi connectivity index (χ1) is 9.97. The van der Waals surface area contributed by atoms with Crippen molar-refractivity contribution in [1.29, 1.82) is 0 Å². The lowest BCUT2D eigenvalue weighted by atomic mass is 9.98. The van der Waals surface area contributed by atoms with E-state index in [-0.39, 0.29) is 5.56 Å². The highest BCUT2D eigenvalue weighted by Crippen LogP contribution is 2.31. The lowest BCUT2D eigenvalue weighted by Gasteiger charge is -2.12. The van der Waals surface area contributed by atoms with Crippen molar-refractivity contribution in [1.82, 2.24) is 0 Å².